The van der Waals surface area contributed by atoms with Gasteiger partial charge in [0.25, 0.3) is 0 Å². The van der Waals surface area contributed by atoms with E-state index in [1.165, 1.54) is 57.6 Å². The number of alkyl halides is 6. The quantitative estimate of drug-likeness (QED) is 0.121. The molecule has 11 heteroatoms. The van der Waals surface area contributed by atoms with Crippen LogP contribution in [0.5, 0.6) is 0 Å². The van der Waals surface area contributed by atoms with Gasteiger partial charge in [-0.3, -0.25) is 0 Å². The van der Waals surface area contributed by atoms with Crippen molar-refractivity contribution < 1.29 is 26.3 Å². The summed E-state index contributed by atoms with van der Waals surface area (Å²) in [7, 11) is 0. The van der Waals surface area contributed by atoms with E-state index in [1.807, 2.05) is 66.7 Å². The Morgan fingerprint density at radius 2 is 0.728 bits per heavy atom. The number of rotatable bonds is 11. The molecule has 0 bridgehead atoms. The summed E-state index contributed by atoms with van der Waals surface area (Å²) < 4.78 is 93.9. The molecule has 0 fully saturated rings. The Kier molecular flexibility index (Phi) is 13.5. The molecule has 92 heavy (non-hydrogen) atoms. The van der Waals surface area contributed by atoms with Crippen molar-refractivity contribution in [2.24, 2.45) is 0 Å². The van der Waals surface area contributed by atoms with Crippen LogP contribution in [0.4, 0.5) is 43.4 Å². The third-order valence-corrected chi connectivity index (χ3v) is 18.6. The number of hydrogen-bond donors (Lipinski definition) is 0. The van der Waals surface area contributed by atoms with E-state index < -0.39 is 28.9 Å². The molecule has 0 N–H and O–H groups in total. The third-order valence-electron chi connectivity index (χ3n) is 18.1. The first-order chi connectivity index (χ1) is 44.9. The molecule has 0 aliphatic heterocycles. The van der Waals surface area contributed by atoms with Gasteiger partial charge in [0.1, 0.15) is 11.0 Å². The van der Waals surface area contributed by atoms with Gasteiger partial charge in [0.2, 0.25) is 0 Å². The Morgan fingerprint density at radius 3 is 1.26 bits per heavy atom. The van der Waals surface area contributed by atoms with Crippen molar-refractivity contribution in [3.05, 3.63) is 337 Å². The van der Waals surface area contributed by atoms with Crippen molar-refractivity contribution in [2.45, 2.75) is 17.8 Å². The predicted molar refractivity (Wildman–Crippen MR) is 361 cm³/mol. The minimum atomic E-state index is -4.48. The molecular weight excluding hydrogens is 1170 g/mol. The maximum atomic E-state index is 13.6. The van der Waals surface area contributed by atoms with Gasteiger partial charge in [-0.2, -0.15) is 35.1 Å². The Balaban J connectivity index is 0.774. The van der Waals surface area contributed by atoms with E-state index in [0.29, 0.717) is 22.3 Å². The van der Waals surface area contributed by atoms with Crippen molar-refractivity contribution in [2.75, 3.05) is 4.90 Å². The summed E-state index contributed by atoms with van der Waals surface area (Å²) in [5.41, 5.74) is 20.9. The molecule has 15 aromatic rings. The molecule has 16 rings (SSSR count). The fourth-order valence-electron chi connectivity index (χ4n) is 13.7. The van der Waals surface area contributed by atoms with Crippen LogP contribution in [-0.2, 0) is 17.8 Å². The molecule has 0 spiro atoms. The molecule has 0 amide bonds. The second-order valence-electron chi connectivity index (χ2n) is 23.2. The summed E-state index contributed by atoms with van der Waals surface area (Å²) in [6.45, 7) is 0. The van der Waals surface area contributed by atoms with Crippen molar-refractivity contribution >= 4 is 61.6 Å². The molecule has 0 saturated carbocycles. The maximum absolute atomic E-state index is 13.6. The molecular formula is C81H50F6N4S. The van der Waals surface area contributed by atoms with Gasteiger partial charge in [0, 0.05) is 33.4 Å². The molecule has 0 saturated heterocycles. The number of hydrogen-bond acceptors (Lipinski definition) is 4. The van der Waals surface area contributed by atoms with Crippen molar-refractivity contribution in [3.8, 4) is 72.4 Å². The maximum Gasteiger partial charge on any atom is 0.416 e. The lowest BCUT2D eigenvalue weighted by molar-refractivity contribution is -0.138. The van der Waals surface area contributed by atoms with Gasteiger partial charge >= 0.3 is 12.4 Å². The van der Waals surface area contributed by atoms with Crippen LogP contribution in [0.3, 0.4) is 0 Å². The smallest absolute Gasteiger partial charge is 0.309 e. The average molecular weight is 1230 g/mol. The molecule has 1 aliphatic carbocycles. The van der Waals surface area contributed by atoms with Gasteiger partial charge in [-0.1, -0.05) is 200 Å². The van der Waals surface area contributed by atoms with Gasteiger partial charge in [-0.25, -0.2) is 0 Å². The number of aromatic nitrogens is 3. The third kappa shape index (κ3) is 9.54. The van der Waals surface area contributed by atoms with Gasteiger partial charge in [-0.15, -0.1) is 0 Å². The zero-order valence-electron chi connectivity index (χ0n) is 48.8. The molecule has 2 aromatic heterocycles. The zero-order chi connectivity index (χ0) is 62.3. The molecule has 1 aliphatic rings. The number of nitrogens with zero attached hydrogens (tertiary/aromatic N) is 4. The van der Waals surface area contributed by atoms with E-state index in [4.69, 9.17) is 8.75 Å². The average Bonchev–Trinajstić information content (AvgIpc) is 1.54. The number of halogens is 6. The van der Waals surface area contributed by atoms with E-state index >= 15 is 0 Å². The molecule has 4 nitrogen and oxygen atoms in total. The summed E-state index contributed by atoms with van der Waals surface area (Å²) >= 11 is 1.16. The van der Waals surface area contributed by atoms with Crippen LogP contribution in [0, 0.1) is 0 Å². The highest BCUT2D eigenvalue weighted by molar-refractivity contribution is 7.00. The Labute approximate surface area is 530 Å². The number of anilines is 3. The molecule has 0 unspecified atom stereocenters. The summed E-state index contributed by atoms with van der Waals surface area (Å²) in [6, 6.07) is 99.3. The fraction of sp³-hybridized carbons (Fsp3) is 0.0370. The van der Waals surface area contributed by atoms with Crippen molar-refractivity contribution in [1.82, 2.24) is 13.3 Å². The monoisotopic (exact) mass is 1220 g/mol. The lowest BCUT2D eigenvalue weighted by Gasteiger charge is -2.34. The van der Waals surface area contributed by atoms with E-state index in [-0.39, 0.29) is 0 Å². The van der Waals surface area contributed by atoms with E-state index in [9.17, 15) is 26.3 Å². The molecule has 0 atom stereocenters. The summed E-state index contributed by atoms with van der Waals surface area (Å²) in [4.78, 5) is 2.25. The topological polar surface area (TPSA) is 34.0 Å². The highest BCUT2D eigenvalue weighted by atomic mass is 32.1. The van der Waals surface area contributed by atoms with E-state index in [0.717, 1.165) is 125 Å². The summed E-state index contributed by atoms with van der Waals surface area (Å²) in [5, 5.41) is 1.64. The largest absolute Gasteiger partial charge is 0.416 e. The van der Waals surface area contributed by atoms with Gasteiger partial charge in [0.15, 0.2) is 0 Å². The lowest BCUT2D eigenvalue weighted by Crippen LogP contribution is -2.28. The molecule has 442 valence electrons. The van der Waals surface area contributed by atoms with Gasteiger partial charge < -0.3 is 9.47 Å². The van der Waals surface area contributed by atoms with E-state index in [2.05, 4.69) is 198 Å². The first-order valence-electron chi connectivity index (χ1n) is 30.1. The minimum absolute atomic E-state index is 0.535. The second-order valence-corrected chi connectivity index (χ2v) is 23.7. The van der Waals surface area contributed by atoms with Crippen LogP contribution in [0.25, 0.3) is 105 Å². The standard InChI is InChI=1S/C81H50F6N4S/c82-80(83,84)62-33-20-53(21-34-62)57-31-45-74-70(48-57)71-49-58(54-22-35-63(36-23-54)81(85,86)87)32-46-75(71)91(74)66-41-28-56(29-42-66)67-44-47-76(78-77(67)88-92-89-78)90(64-37-24-52(25-38-64)51-12-4-1-5-13-51)65-39-26-55(27-40-65)59-30-43-69-68-18-10-11-19-72(68)79(73(69)50-59,60-14-6-2-7-15-60)61-16-8-3-9-17-61/h1-50H. The molecule has 0 radical (unpaired) electrons. The zero-order valence-corrected chi connectivity index (χ0v) is 49.6. The minimum Gasteiger partial charge on any atom is -0.309 e. The molecule has 2 heterocycles. The van der Waals surface area contributed by atoms with Crippen LogP contribution in [-0.4, -0.2) is 13.3 Å². The summed E-state index contributed by atoms with van der Waals surface area (Å²) in [6.07, 6.45) is -8.97. The fourth-order valence-corrected chi connectivity index (χ4v) is 14.3. The van der Waals surface area contributed by atoms with Crippen LogP contribution >= 0.6 is 11.7 Å². The van der Waals surface area contributed by atoms with Gasteiger partial charge in [-0.05, 0) is 187 Å². The Hall–Kier alpha value is -11.1. The van der Waals surface area contributed by atoms with E-state index in [1.54, 1.807) is 0 Å². The van der Waals surface area contributed by atoms with Crippen LogP contribution < -0.4 is 4.90 Å². The first kappa shape index (κ1) is 56.1. The van der Waals surface area contributed by atoms with Crippen LogP contribution in [0.1, 0.15) is 33.4 Å². The lowest BCUT2D eigenvalue weighted by atomic mass is 9.67. The summed E-state index contributed by atoms with van der Waals surface area (Å²) in [5.74, 6) is 0. The highest BCUT2D eigenvalue weighted by Gasteiger charge is 2.46. The Bertz CT molecular complexity index is 5100. The SMILES string of the molecule is FC(F)(F)c1ccc(-c2ccc3c(c2)c2cc(-c4ccc(C(F)(F)F)cc4)ccc2n3-c2ccc(-c3ccc(N(c4ccc(-c5ccccc5)cc4)c4ccc(-c5ccc6c(c5)C(c5ccccc5)(c5ccccc5)c5ccccc5-6)cc4)c4nsnc34)cc2)cc1. The predicted octanol–water partition coefficient (Wildman–Crippen LogP) is 23.0. The normalized spacial score (nSPS) is 12.8. The number of benzene rings is 13. The van der Waals surface area contributed by atoms with Crippen molar-refractivity contribution in [1.29, 1.82) is 0 Å². The second kappa shape index (κ2) is 22.1. The number of fused-ring (bicyclic) bond motifs is 7. The molecule has 13 aromatic carbocycles. The highest BCUT2D eigenvalue weighted by Crippen LogP contribution is 2.57. The van der Waals surface area contributed by atoms with Crippen LogP contribution in [0.15, 0.2) is 303 Å². The van der Waals surface area contributed by atoms with Crippen LogP contribution in [0.2, 0.25) is 0 Å². The van der Waals surface area contributed by atoms with Gasteiger partial charge in [0.05, 0.1) is 45.0 Å². The van der Waals surface area contributed by atoms with Crippen molar-refractivity contribution in [3.63, 3.8) is 0 Å². The Morgan fingerprint density at radius 1 is 0.326 bits per heavy atom. The first-order valence-corrected chi connectivity index (χ1v) is 30.8.